The molecule has 1 rings (SSSR count). The summed E-state index contributed by atoms with van der Waals surface area (Å²) in [5.41, 5.74) is 0.537. The lowest BCUT2D eigenvalue weighted by molar-refractivity contribution is -0.0646. The summed E-state index contributed by atoms with van der Waals surface area (Å²) in [6, 6.07) is 0.532. The highest BCUT2D eigenvalue weighted by Gasteiger charge is 2.41. The first-order chi connectivity index (χ1) is 8.43. The summed E-state index contributed by atoms with van der Waals surface area (Å²) >= 11 is 0. The van der Waals surface area contributed by atoms with Crippen molar-refractivity contribution in [2.75, 3.05) is 13.2 Å². The zero-order valence-corrected chi connectivity index (χ0v) is 13.1. The summed E-state index contributed by atoms with van der Waals surface area (Å²) in [6.07, 6.45) is 7.64. The smallest absolute Gasteiger partial charge is 0.0834 e. The van der Waals surface area contributed by atoms with Crippen LogP contribution in [-0.2, 0) is 4.74 Å². The first-order valence-corrected chi connectivity index (χ1v) is 7.81. The zero-order chi connectivity index (χ0) is 13.6. The van der Waals surface area contributed by atoms with Crippen molar-refractivity contribution in [3.05, 3.63) is 0 Å². The van der Waals surface area contributed by atoms with E-state index in [4.69, 9.17) is 4.74 Å². The summed E-state index contributed by atoms with van der Waals surface area (Å²) in [6.45, 7) is 13.2. The molecule has 0 aromatic rings. The van der Waals surface area contributed by atoms with Crippen LogP contribution in [0.25, 0.3) is 0 Å². The Morgan fingerprint density at radius 3 is 2.22 bits per heavy atom. The summed E-state index contributed by atoms with van der Waals surface area (Å²) < 4.78 is 6.21. The van der Waals surface area contributed by atoms with E-state index in [9.17, 15) is 0 Å². The molecule has 0 heterocycles. The van der Waals surface area contributed by atoms with Gasteiger partial charge in [-0.15, -0.1) is 0 Å². The lowest BCUT2D eigenvalue weighted by atomic mass is 9.82. The van der Waals surface area contributed by atoms with E-state index in [2.05, 4.69) is 39.9 Å². The van der Waals surface area contributed by atoms with Gasteiger partial charge in [-0.25, -0.2) is 0 Å². The predicted octanol–water partition coefficient (Wildman–Crippen LogP) is 4.14. The highest BCUT2D eigenvalue weighted by atomic mass is 16.5. The van der Waals surface area contributed by atoms with E-state index in [1.54, 1.807) is 0 Å². The van der Waals surface area contributed by atoms with Gasteiger partial charge in [0.05, 0.1) is 5.60 Å². The van der Waals surface area contributed by atoms with Gasteiger partial charge in [0.1, 0.15) is 0 Å². The molecule has 2 heteroatoms. The molecule has 0 amide bonds. The average Bonchev–Trinajstić information content (AvgIpc) is 2.73. The Balaban J connectivity index is 2.67. The summed E-state index contributed by atoms with van der Waals surface area (Å²) in [5, 5.41) is 3.70. The monoisotopic (exact) mass is 255 g/mol. The van der Waals surface area contributed by atoms with Crippen LogP contribution in [0, 0.1) is 5.41 Å². The number of rotatable bonds is 7. The normalized spacial score (nSPS) is 21.2. The van der Waals surface area contributed by atoms with Gasteiger partial charge >= 0.3 is 0 Å². The van der Waals surface area contributed by atoms with Crippen LogP contribution in [-0.4, -0.2) is 24.8 Å². The van der Waals surface area contributed by atoms with Crippen LogP contribution in [0.15, 0.2) is 0 Å². The molecule has 1 atom stereocenters. The molecule has 0 spiro atoms. The molecule has 1 N–H and O–H groups in total. The van der Waals surface area contributed by atoms with E-state index in [-0.39, 0.29) is 5.60 Å². The molecule has 1 aliphatic rings. The van der Waals surface area contributed by atoms with Crippen molar-refractivity contribution < 1.29 is 4.74 Å². The minimum Gasteiger partial charge on any atom is -0.374 e. The van der Waals surface area contributed by atoms with Crippen LogP contribution < -0.4 is 5.32 Å². The second-order valence-electron chi connectivity index (χ2n) is 6.91. The highest BCUT2D eigenvalue weighted by Crippen LogP contribution is 2.38. The Morgan fingerprint density at radius 2 is 1.78 bits per heavy atom. The van der Waals surface area contributed by atoms with Gasteiger partial charge in [0.25, 0.3) is 0 Å². The number of likely N-dealkylation sites (N-methyl/N-ethyl adjacent to an activating group) is 1. The van der Waals surface area contributed by atoms with Gasteiger partial charge in [-0.05, 0) is 44.6 Å². The second-order valence-corrected chi connectivity index (χ2v) is 6.91. The van der Waals surface area contributed by atoms with Gasteiger partial charge in [0.2, 0.25) is 0 Å². The van der Waals surface area contributed by atoms with Crippen LogP contribution in [0.2, 0.25) is 0 Å². The van der Waals surface area contributed by atoms with Crippen molar-refractivity contribution in [2.45, 2.75) is 84.8 Å². The molecule has 0 aromatic carbocycles. The van der Waals surface area contributed by atoms with E-state index in [1.165, 1.54) is 38.5 Å². The Labute approximate surface area is 114 Å². The fourth-order valence-corrected chi connectivity index (χ4v) is 3.23. The Bertz CT molecular complexity index is 226. The first-order valence-electron chi connectivity index (χ1n) is 7.81. The second kappa shape index (κ2) is 6.91. The topological polar surface area (TPSA) is 21.3 Å². The van der Waals surface area contributed by atoms with Crippen molar-refractivity contribution >= 4 is 0 Å². The van der Waals surface area contributed by atoms with E-state index in [0.717, 1.165) is 13.2 Å². The van der Waals surface area contributed by atoms with E-state index in [1.807, 2.05) is 0 Å². The molecule has 0 bridgehead atoms. The molecule has 1 saturated carbocycles. The van der Waals surface area contributed by atoms with Crippen LogP contribution in [0.5, 0.6) is 0 Å². The average molecular weight is 255 g/mol. The standard InChI is InChI=1S/C16H33NO/c1-6-17-14(10-13-15(3,4)5)16(18-7-2)11-8-9-12-16/h14,17H,6-13H2,1-5H3. The third-order valence-corrected chi connectivity index (χ3v) is 4.15. The summed E-state index contributed by atoms with van der Waals surface area (Å²) in [4.78, 5) is 0. The fourth-order valence-electron chi connectivity index (χ4n) is 3.23. The molecule has 0 radical (unpaired) electrons. The van der Waals surface area contributed by atoms with Crippen molar-refractivity contribution in [2.24, 2.45) is 5.41 Å². The minimum atomic E-state index is 0.121. The van der Waals surface area contributed by atoms with Crippen molar-refractivity contribution in [1.82, 2.24) is 5.32 Å². The van der Waals surface area contributed by atoms with Crippen molar-refractivity contribution in [3.8, 4) is 0 Å². The largest absolute Gasteiger partial charge is 0.374 e. The number of hydrogen-bond donors (Lipinski definition) is 1. The Morgan fingerprint density at radius 1 is 1.17 bits per heavy atom. The quantitative estimate of drug-likeness (QED) is 0.738. The van der Waals surface area contributed by atoms with E-state index < -0.39 is 0 Å². The maximum atomic E-state index is 6.21. The van der Waals surface area contributed by atoms with Crippen LogP contribution in [0.1, 0.15) is 73.1 Å². The van der Waals surface area contributed by atoms with Crippen LogP contribution >= 0.6 is 0 Å². The zero-order valence-electron chi connectivity index (χ0n) is 13.1. The van der Waals surface area contributed by atoms with E-state index in [0.29, 0.717) is 11.5 Å². The highest BCUT2D eigenvalue weighted by molar-refractivity contribution is 4.97. The maximum Gasteiger partial charge on any atom is 0.0834 e. The van der Waals surface area contributed by atoms with E-state index >= 15 is 0 Å². The number of hydrogen-bond acceptors (Lipinski definition) is 2. The Kier molecular flexibility index (Phi) is 6.13. The Hall–Kier alpha value is -0.0800. The predicted molar refractivity (Wildman–Crippen MR) is 79.0 cm³/mol. The molecule has 2 nitrogen and oxygen atoms in total. The van der Waals surface area contributed by atoms with Gasteiger partial charge in [-0.3, -0.25) is 0 Å². The van der Waals surface area contributed by atoms with Crippen LogP contribution in [0.3, 0.4) is 0 Å². The van der Waals surface area contributed by atoms with Gasteiger partial charge in [0, 0.05) is 12.6 Å². The first kappa shape index (κ1) is 16.0. The van der Waals surface area contributed by atoms with Crippen LogP contribution in [0.4, 0.5) is 0 Å². The molecular formula is C16H33NO. The maximum absolute atomic E-state index is 6.21. The molecule has 0 saturated heterocycles. The molecule has 0 aliphatic heterocycles. The van der Waals surface area contributed by atoms with Gasteiger partial charge in [0.15, 0.2) is 0 Å². The fraction of sp³-hybridized carbons (Fsp3) is 1.00. The third kappa shape index (κ3) is 4.55. The minimum absolute atomic E-state index is 0.121. The lowest BCUT2D eigenvalue weighted by Crippen LogP contribution is -2.51. The van der Waals surface area contributed by atoms with Crippen molar-refractivity contribution in [3.63, 3.8) is 0 Å². The molecule has 1 aliphatic carbocycles. The molecule has 0 aromatic heterocycles. The molecule has 18 heavy (non-hydrogen) atoms. The molecule has 1 unspecified atom stereocenters. The number of nitrogens with one attached hydrogen (secondary N) is 1. The van der Waals surface area contributed by atoms with Gasteiger partial charge < -0.3 is 10.1 Å². The summed E-state index contributed by atoms with van der Waals surface area (Å²) in [7, 11) is 0. The lowest BCUT2D eigenvalue weighted by Gasteiger charge is -2.39. The number of ether oxygens (including phenoxy) is 1. The molecular weight excluding hydrogens is 222 g/mol. The van der Waals surface area contributed by atoms with Crippen molar-refractivity contribution in [1.29, 1.82) is 0 Å². The third-order valence-electron chi connectivity index (χ3n) is 4.15. The SMILES string of the molecule is CCNC(CCC(C)(C)C)C1(OCC)CCCC1. The summed E-state index contributed by atoms with van der Waals surface area (Å²) in [5.74, 6) is 0. The molecule has 108 valence electrons. The molecule has 1 fully saturated rings. The van der Waals surface area contributed by atoms with Gasteiger partial charge in [-0.2, -0.15) is 0 Å². The van der Waals surface area contributed by atoms with Gasteiger partial charge in [-0.1, -0.05) is 40.5 Å².